The Morgan fingerprint density at radius 3 is 2.71 bits per heavy atom. The van der Waals surface area contributed by atoms with Gasteiger partial charge in [-0.1, -0.05) is 36.4 Å². The molecule has 1 aliphatic heterocycles. The minimum absolute atomic E-state index is 0.0858. The van der Waals surface area contributed by atoms with Gasteiger partial charge in [-0.05, 0) is 23.3 Å². The number of alkyl halides is 2. The average Bonchev–Trinajstić information content (AvgIpc) is 2.49. The number of para-hydroxylation sites is 2. The van der Waals surface area contributed by atoms with E-state index in [2.05, 4.69) is 10.1 Å². The second kappa shape index (κ2) is 6.10. The number of hydrogen-bond acceptors (Lipinski definition) is 3. The van der Waals surface area contributed by atoms with Crippen molar-refractivity contribution in [3.63, 3.8) is 0 Å². The van der Waals surface area contributed by atoms with E-state index < -0.39 is 6.61 Å². The zero-order valence-electron chi connectivity index (χ0n) is 11.3. The van der Waals surface area contributed by atoms with Crippen LogP contribution < -0.4 is 10.1 Å². The number of ether oxygens (including phenoxy) is 2. The number of hydrogen-bond donors (Lipinski definition) is 1. The third kappa shape index (κ3) is 3.13. The minimum Gasteiger partial charge on any atom is -0.433 e. The van der Waals surface area contributed by atoms with Gasteiger partial charge in [0.05, 0.1) is 24.9 Å². The van der Waals surface area contributed by atoms with Crippen LogP contribution in [0, 0.1) is 0 Å². The lowest BCUT2D eigenvalue weighted by atomic mass is 9.99. The van der Waals surface area contributed by atoms with Gasteiger partial charge in [-0.2, -0.15) is 8.78 Å². The molecule has 0 bridgehead atoms. The molecule has 1 aliphatic rings. The predicted molar refractivity (Wildman–Crippen MR) is 75.5 cm³/mol. The van der Waals surface area contributed by atoms with Crippen LogP contribution in [0.3, 0.4) is 0 Å². The maximum Gasteiger partial charge on any atom is 0.387 e. The number of halogens is 2. The van der Waals surface area contributed by atoms with Crippen molar-refractivity contribution >= 4 is 5.69 Å². The Hall–Kier alpha value is -2.14. The molecule has 110 valence electrons. The molecule has 1 unspecified atom stereocenters. The van der Waals surface area contributed by atoms with E-state index in [-0.39, 0.29) is 11.8 Å². The van der Waals surface area contributed by atoms with Crippen LogP contribution in [-0.2, 0) is 11.3 Å². The molecule has 2 aromatic rings. The molecule has 0 saturated carbocycles. The van der Waals surface area contributed by atoms with Crippen LogP contribution in [0.2, 0.25) is 0 Å². The number of fused-ring (bicyclic) bond motifs is 1. The first-order valence-electron chi connectivity index (χ1n) is 6.70. The molecule has 1 atom stereocenters. The summed E-state index contributed by atoms with van der Waals surface area (Å²) in [5.74, 6) is 0.135. The van der Waals surface area contributed by atoms with Gasteiger partial charge in [-0.3, -0.25) is 0 Å². The van der Waals surface area contributed by atoms with Gasteiger partial charge in [0.2, 0.25) is 0 Å². The van der Waals surface area contributed by atoms with E-state index in [4.69, 9.17) is 4.74 Å². The fourth-order valence-corrected chi connectivity index (χ4v) is 2.47. The second-order valence-corrected chi connectivity index (χ2v) is 4.79. The first kappa shape index (κ1) is 13.8. The number of rotatable bonds is 4. The summed E-state index contributed by atoms with van der Waals surface area (Å²) in [6, 6.07) is 14.5. The molecule has 2 aromatic carbocycles. The molecule has 0 spiro atoms. The van der Waals surface area contributed by atoms with Crippen LogP contribution >= 0.6 is 0 Å². The normalized spacial score (nSPS) is 17.4. The summed E-state index contributed by atoms with van der Waals surface area (Å²) in [6.45, 7) is -1.79. The highest BCUT2D eigenvalue weighted by Crippen LogP contribution is 2.32. The summed E-state index contributed by atoms with van der Waals surface area (Å²) in [5, 5.41) is 3.23. The lowest BCUT2D eigenvalue weighted by Gasteiger charge is -2.28. The van der Waals surface area contributed by atoms with Crippen LogP contribution in [0.15, 0.2) is 48.5 Å². The fraction of sp³-hybridized carbons (Fsp3) is 0.250. The van der Waals surface area contributed by atoms with Crippen LogP contribution in [0.25, 0.3) is 0 Å². The lowest BCUT2D eigenvalue weighted by molar-refractivity contribution is -0.0494. The highest BCUT2D eigenvalue weighted by Gasteiger charge is 2.21. The van der Waals surface area contributed by atoms with E-state index in [9.17, 15) is 8.78 Å². The maximum absolute atomic E-state index is 12.4. The molecule has 0 saturated heterocycles. The topological polar surface area (TPSA) is 30.5 Å². The first-order chi connectivity index (χ1) is 10.2. The van der Waals surface area contributed by atoms with E-state index in [1.54, 1.807) is 18.2 Å². The van der Waals surface area contributed by atoms with Gasteiger partial charge in [0.25, 0.3) is 0 Å². The summed E-state index contributed by atoms with van der Waals surface area (Å²) < 4.78 is 35.0. The standard InChI is InChI=1S/C16H15F2NO2/c17-16(18)21-15-8-4-3-7-13(15)19-14-10-20-9-11-5-1-2-6-12(11)14/h1-8,14,16,19H,9-10H2. The monoisotopic (exact) mass is 291 g/mol. The summed E-state index contributed by atoms with van der Waals surface area (Å²) in [4.78, 5) is 0. The number of anilines is 1. The van der Waals surface area contributed by atoms with Crippen molar-refractivity contribution in [1.82, 2.24) is 0 Å². The molecule has 0 radical (unpaired) electrons. The second-order valence-electron chi connectivity index (χ2n) is 4.79. The van der Waals surface area contributed by atoms with Crippen LogP contribution in [-0.4, -0.2) is 13.2 Å². The summed E-state index contributed by atoms with van der Waals surface area (Å²) >= 11 is 0. The zero-order chi connectivity index (χ0) is 14.7. The van der Waals surface area contributed by atoms with Crippen molar-refractivity contribution < 1.29 is 18.3 Å². The first-order valence-corrected chi connectivity index (χ1v) is 6.70. The van der Waals surface area contributed by atoms with Gasteiger partial charge >= 0.3 is 6.61 Å². The summed E-state index contributed by atoms with van der Waals surface area (Å²) in [6.07, 6.45) is 0. The molecule has 1 N–H and O–H groups in total. The van der Waals surface area contributed by atoms with Crippen molar-refractivity contribution in [1.29, 1.82) is 0 Å². The Morgan fingerprint density at radius 1 is 1.10 bits per heavy atom. The van der Waals surface area contributed by atoms with E-state index in [0.717, 1.165) is 11.1 Å². The Balaban J connectivity index is 1.85. The average molecular weight is 291 g/mol. The molecule has 21 heavy (non-hydrogen) atoms. The maximum atomic E-state index is 12.4. The van der Waals surface area contributed by atoms with Crippen molar-refractivity contribution in [3.05, 3.63) is 59.7 Å². The SMILES string of the molecule is FC(F)Oc1ccccc1NC1COCc2ccccc21. The highest BCUT2D eigenvalue weighted by atomic mass is 19.3. The molecule has 0 fully saturated rings. The Bertz CT molecular complexity index is 619. The van der Waals surface area contributed by atoms with Gasteiger partial charge in [-0.25, -0.2) is 0 Å². The van der Waals surface area contributed by atoms with Crippen molar-refractivity contribution in [2.24, 2.45) is 0 Å². The van der Waals surface area contributed by atoms with Gasteiger partial charge in [-0.15, -0.1) is 0 Å². The van der Waals surface area contributed by atoms with Gasteiger partial charge in [0.15, 0.2) is 0 Å². The summed E-state index contributed by atoms with van der Waals surface area (Å²) in [7, 11) is 0. The van der Waals surface area contributed by atoms with Crippen LogP contribution in [0.5, 0.6) is 5.75 Å². The Labute approximate surface area is 121 Å². The zero-order valence-corrected chi connectivity index (χ0v) is 11.3. The molecule has 3 nitrogen and oxygen atoms in total. The van der Waals surface area contributed by atoms with Gasteiger partial charge in [0, 0.05) is 0 Å². The van der Waals surface area contributed by atoms with Crippen LogP contribution in [0.4, 0.5) is 14.5 Å². The van der Waals surface area contributed by atoms with Crippen LogP contribution in [0.1, 0.15) is 17.2 Å². The molecule has 3 rings (SSSR count). The van der Waals surface area contributed by atoms with Gasteiger partial charge < -0.3 is 14.8 Å². The molecule has 0 amide bonds. The van der Waals surface area contributed by atoms with E-state index in [0.29, 0.717) is 18.9 Å². The van der Waals surface area contributed by atoms with Crippen molar-refractivity contribution in [2.75, 3.05) is 11.9 Å². The smallest absolute Gasteiger partial charge is 0.387 e. The number of benzene rings is 2. The molecule has 1 heterocycles. The van der Waals surface area contributed by atoms with E-state index in [1.807, 2.05) is 24.3 Å². The molecular formula is C16H15F2NO2. The summed E-state index contributed by atoms with van der Waals surface area (Å²) in [5.41, 5.74) is 2.76. The molecule has 0 aromatic heterocycles. The predicted octanol–water partition coefficient (Wildman–Crippen LogP) is 3.97. The third-order valence-corrected chi connectivity index (χ3v) is 3.41. The molecule has 5 heteroatoms. The van der Waals surface area contributed by atoms with Crippen molar-refractivity contribution in [3.8, 4) is 5.75 Å². The highest BCUT2D eigenvalue weighted by molar-refractivity contribution is 5.58. The molecular weight excluding hydrogens is 276 g/mol. The lowest BCUT2D eigenvalue weighted by Crippen LogP contribution is -2.23. The third-order valence-electron chi connectivity index (χ3n) is 3.41. The Kier molecular flexibility index (Phi) is 4.01. The van der Waals surface area contributed by atoms with E-state index >= 15 is 0 Å². The van der Waals surface area contributed by atoms with Crippen molar-refractivity contribution in [2.45, 2.75) is 19.3 Å². The largest absolute Gasteiger partial charge is 0.433 e. The Morgan fingerprint density at radius 2 is 1.86 bits per heavy atom. The fourth-order valence-electron chi connectivity index (χ4n) is 2.47. The number of nitrogens with one attached hydrogen (secondary N) is 1. The van der Waals surface area contributed by atoms with Gasteiger partial charge in [0.1, 0.15) is 5.75 Å². The minimum atomic E-state index is -2.84. The quantitative estimate of drug-likeness (QED) is 0.924. The molecule has 0 aliphatic carbocycles. The van der Waals surface area contributed by atoms with E-state index in [1.165, 1.54) is 6.07 Å².